The number of carbonyl (C=O) groups is 1. The molecule has 0 spiro atoms. The molecule has 0 bridgehead atoms. The molecule has 1 fully saturated rings. The number of nitrogens with one attached hydrogen (secondary N) is 1. The Bertz CT molecular complexity index is 624. The maximum absolute atomic E-state index is 12.2. The van der Waals surface area contributed by atoms with Crippen LogP contribution >= 0.6 is 11.3 Å². The van der Waals surface area contributed by atoms with Crippen LogP contribution < -0.4 is 10.1 Å². The molecular formula is C16H20N4O3S. The first-order chi connectivity index (χ1) is 11.8. The third-order valence-corrected chi connectivity index (χ3v) is 4.53. The summed E-state index contributed by atoms with van der Waals surface area (Å²) >= 11 is 1.70. The highest BCUT2D eigenvalue weighted by atomic mass is 32.1. The molecule has 1 aliphatic heterocycles. The van der Waals surface area contributed by atoms with Crippen molar-refractivity contribution in [3.05, 3.63) is 40.8 Å². The van der Waals surface area contributed by atoms with E-state index in [2.05, 4.69) is 21.4 Å². The molecule has 2 aromatic rings. The predicted octanol–water partition coefficient (Wildman–Crippen LogP) is 1.57. The van der Waals surface area contributed by atoms with Gasteiger partial charge in [0.25, 0.3) is 0 Å². The van der Waals surface area contributed by atoms with Crippen LogP contribution in [-0.4, -0.2) is 59.9 Å². The van der Waals surface area contributed by atoms with Gasteiger partial charge < -0.3 is 19.7 Å². The second-order valence-electron chi connectivity index (χ2n) is 5.34. The van der Waals surface area contributed by atoms with Crippen molar-refractivity contribution in [1.29, 1.82) is 0 Å². The number of rotatable bonds is 6. The molecule has 1 unspecified atom stereocenters. The molecule has 1 N–H and O–H groups in total. The standard InChI is InChI=1S/C16H20N4O3S/c21-16(19-7-4-14-3-1-10-24-14)20-8-9-22-13(11-20)12-23-15-17-5-2-6-18-15/h1-3,5-6,10,13H,4,7-9,11-12H2,(H,19,21). The highest BCUT2D eigenvalue weighted by Gasteiger charge is 2.24. The zero-order valence-electron chi connectivity index (χ0n) is 13.3. The molecule has 2 aromatic heterocycles. The zero-order valence-corrected chi connectivity index (χ0v) is 14.1. The number of urea groups is 1. The van der Waals surface area contributed by atoms with Crippen molar-refractivity contribution in [3.63, 3.8) is 0 Å². The summed E-state index contributed by atoms with van der Waals surface area (Å²) < 4.78 is 11.1. The summed E-state index contributed by atoms with van der Waals surface area (Å²) in [6.45, 7) is 2.54. The van der Waals surface area contributed by atoms with Gasteiger partial charge in [-0.25, -0.2) is 14.8 Å². The van der Waals surface area contributed by atoms with Crippen molar-refractivity contribution in [2.75, 3.05) is 32.8 Å². The number of morpholine rings is 1. The number of hydrogen-bond acceptors (Lipinski definition) is 6. The van der Waals surface area contributed by atoms with Crippen LogP contribution in [0.3, 0.4) is 0 Å². The lowest BCUT2D eigenvalue weighted by Gasteiger charge is -2.32. The molecule has 8 heteroatoms. The van der Waals surface area contributed by atoms with E-state index >= 15 is 0 Å². The quantitative estimate of drug-likeness (QED) is 0.857. The van der Waals surface area contributed by atoms with E-state index in [-0.39, 0.29) is 12.1 Å². The minimum absolute atomic E-state index is 0.0594. The third kappa shape index (κ3) is 4.90. The molecule has 0 aliphatic carbocycles. The van der Waals surface area contributed by atoms with Crippen molar-refractivity contribution >= 4 is 17.4 Å². The first kappa shape index (κ1) is 16.7. The van der Waals surface area contributed by atoms with Crippen molar-refractivity contribution in [2.24, 2.45) is 0 Å². The van der Waals surface area contributed by atoms with Gasteiger partial charge in [-0.15, -0.1) is 11.3 Å². The second kappa shape index (κ2) is 8.60. The van der Waals surface area contributed by atoms with E-state index in [1.807, 2.05) is 11.4 Å². The summed E-state index contributed by atoms with van der Waals surface area (Å²) in [5.74, 6) is 0. The average molecular weight is 348 g/mol. The van der Waals surface area contributed by atoms with Gasteiger partial charge in [-0.2, -0.15) is 0 Å². The Morgan fingerprint density at radius 1 is 1.42 bits per heavy atom. The Balaban J connectivity index is 1.40. The molecule has 0 radical (unpaired) electrons. The highest BCUT2D eigenvalue weighted by molar-refractivity contribution is 7.09. The van der Waals surface area contributed by atoms with Crippen LogP contribution in [0.4, 0.5) is 4.79 Å². The maximum Gasteiger partial charge on any atom is 0.317 e. The number of thiophene rings is 1. The molecule has 7 nitrogen and oxygen atoms in total. The van der Waals surface area contributed by atoms with Crippen molar-refractivity contribution < 1.29 is 14.3 Å². The minimum atomic E-state index is -0.175. The van der Waals surface area contributed by atoms with E-state index < -0.39 is 0 Å². The first-order valence-electron chi connectivity index (χ1n) is 7.88. The number of aromatic nitrogens is 2. The number of hydrogen-bond donors (Lipinski definition) is 1. The van der Waals surface area contributed by atoms with E-state index in [1.54, 1.807) is 34.7 Å². The lowest BCUT2D eigenvalue weighted by Crippen LogP contribution is -2.51. The summed E-state index contributed by atoms with van der Waals surface area (Å²) in [5, 5.41) is 5.00. The Labute approximate surface area is 144 Å². The van der Waals surface area contributed by atoms with Crippen LogP contribution in [0.25, 0.3) is 0 Å². The molecule has 0 saturated carbocycles. The summed E-state index contributed by atoms with van der Waals surface area (Å²) in [4.78, 5) is 23.3. The first-order valence-corrected chi connectivity index (χ1v) is 8.76. The molecule has 0 aromatic carbocycles. The van der Waals surface area contributed by atoms with E-state index in [1.165, 1.54) is 4.88 Å². The van der Waals surface area contributed by atoms with Crippen LogP contribution in [-0.2, 0) is 11.2 Å². The van der Waals surface area contributed by atoms with Gasteiger partial charge in [0, 0.05) is 30.4 Å². The Hall–Kier alpha value is -2.19. The smallest absolute Gasteiger partial charge is 0.317 e. The zero-order chi connectivity index (χ0) is 16.6. The molecule has 24 heavy (non-hydrogen) atoms. The highest BCUT2D eigenvalue weighted by Crippen LogP contribution is 2.09. The second-order valence-corrected chi connectivity index (χ2v) is 6.37. The van der Waals surface area contributed by atoms with Gasteiger partial charge >= 0.3 is 12.0 Å². The fourth-order valence-electron chi connectivity index (χ4n) is 2.39. The van der Waals surface area contributed by atoms with Gasteiger partial charge in [-0.3, -0.25) is 0 Å². The van der Waals surface area contributed by atoms with Gasteiger partial charge in [0.15, 0.2) is 0 Å². The molecule has 3 heterocycles. The molecule has 1 atom stereocenters. The number of amides is 2. The lowest BCUT2D eigenvalue weighted by atomic mass is 10.3. The molecule has 1 aliphatic rings. The summed E-state index contributed by atoms with van der Waals surface area (Å²) in [6, 6.07) is 6.08. The maximum atomic E-state index is 12.2. The Morgan fingerprint density at radius 3 is 3.08 bits per heavy atom. The summed E-state index contributed by atoms with van der Waals surface area (Å²) in [6.07, 6.45) is 3.92. The monoisotopic (exact) mass is 348 g/mol. The van der Waals surface area contributed by atoms with Gasteiger partial charge in [-0.1, -0.05) is 6.07 Å². The molecule has 128 valence electrons. The summed E-state index contributed by atoms with van der Waals surface area (Å²) in [5.41, 5.74) is 0. The number of carbonyl (C=O) groups excluding carboxylic acids is 1. The van der Waals surface area contributed by atoms with Gasteiger partial charge in [-0.05, 0) is 23.9 Å². The SMILES string of the molecule is O=C(NCCc1cccs1)N1CCOC(COc2ncccn2)C1. The van der Waals surface area contributed by atoms with E-state index in [0.717, 1.165) is 6.42 Å². The molecular weight excluding hydrogens is 328 g/mol. The van der Waals surface area contributed by atoms with Crippen LogP contribution in [0.2, 0.25) is 0 Å². The Kier molecular flexibility index (Phi) is 5.97. The molecule has 3 rings (SSSR count). The molecule has 2 amide bonds. The lowest BCUT2D eigenvalue weighted by molar-refractivity contribution is -0.0365. The average Bonchev–Trinajstić information content (AvgIpc) is 3.14. The Morgan fingerprint density at radius 2 is 2.29 bits per heavy atom. The predicted molar refractivity (Wildman–Crippen MR) is 90.3 cm³/mol. The van der Waals surface area contributed by atoms with Crippen molar-refractivity contribution in [3.8, 4) is 6.01 Å². The van der Waals surface area contributed by atoms with E-state index in [4.69, 9.17) is 9.47 Å². The van der Waals surface area contributed by atoms with Crippen LogP contribution in [0.15, 0.2) is 36.0 Å². The fraction of sp³-hybridized carbons (Fsp3) is 0.438. The molecule has 1 saturated heterocycles. The van der Waals surface area contributed by atoms with Crippen LogP contribution in [0, 0.1) is 0 Å². The summed E-state index contributed by atoms with van der Waals surface area (Å²) in [7, 11) is 0. The third-order valence-electron chi connectivity index (χ3n) is 3.59. The number of ether oxygens (including phenoxy) is 2. The van der Waals surface area contributed by atoms with Gasteiger partial charge in [0.1, 0.15) is 12.7 Å². The van der Waals surface area contributed by atoms with Crippen LogP contribution in [0.5, 0.6) is 6.01 Å². The minimum Gasteiger partial charge on any atom is -0.461 e. The fourth-order valence-corrected chi connectivity index (χ4v) is 3.10. The normalized spacial score (nSPS) is 17.5. The largest absolute Gasteiger partial charge is 0.461 e. The topological polar surface area (TPSA) is 76.6 Å². The van der Waals surface area contributed by atoms with Crippen molar-refractivity contribution in [2.45, 2.75) is 12.5 Å². The van der Waals surface area contributed by atoms with E-state index in [9.17, 15) is 4.79 Å². The number of nitrogens with zero attached hydrogens (tertiary/aromatic N) is 3. The van der Waals surface area contributed by atoms with Gasteiger partial charge in [0.05, 0.1) is 13.2 Å². The van der Waals surface area contributed by atoms with E-state index in [0.29, 0.717) is 38.9 Å². The van der Waals surface area contributed by atoms with Gasteiger partial charge in [0.2, 0.25) is 0 Å². The van der Waals surface area contributed by atoms with Crippen LogP contribution in [0.1, 0.15) is 4.88 Å². The van der Waals surface area contributed by atoms with Crippen molar-refractivity contribution in [1.82, 2.24) is 20.2 Å².